The molecule has 0 heterocycles. The minimum atomic E-state index is -0.725. The van der Waals surface area contributed by atoms with Crippen molar-refractivity contribution in [3.63, 3.8) is 0 Å². The van der Waals surface area contributed by atoms with E-state index in [9.17, 15) is 4.79 Å². The molecule has 2 rings (SSSR count). The number of anilines is 1. The largest absolute Gasteiger partial charge is 0.481 e. The quantitative estimate of drug-likeness (QED) is 0.769. The van der Waals surface area contributed by atoms with Crippen LogP contribution in [0, 0.1) is 0 Å². The first-order valence-electron chi connectivity index (χ1n) is 6.33. The molecule has 0 saturated carbocycles. The molecule has 0 aromatic heterocycles. The molecule has 0 radical (unpaired) electrons. The van der Waals surface area contributed by atoms with Crippen LogP contribution < -0.4 is 5.32 Å². The molecule has 1 aromatic rings. The number of hydrogen-bond acceptors (Lipinski definition) is 2. The highest BCUT2D eigenvalue weighted by Crippen LogP contribution is 2.24. The summed E-state index contributed by atoms with van der Waals surface area (Å²) in [5.41, 5.74) is 4.06. The van der Waals surface area contributed by atoms with Gasteiger partial charge in [-0.2, -0.15) is 0 Å². The number of fused-ring (bicyclic) bond motifs is 1. The fourth-order valence-corrected chi connectivity index (χ4v) is 2.32. The number of carboxylic acids is 1. The third kappa shape index (κ3) is 3.48. The highest BCUT2D eigenvalue weighted by atomic mass is 16.4. The van der Waals surface area contributed by atoms with Crippen molar-refractivity contribution < 1.29 is 9.90 Å². The van der Waals surface area contributed by atoms with Crippen molar-refractivity contribution in [2.45, 2.75) is 38.5 Å². The first-order valence-corrected chi connectivity index (χ1v) is 6.33. The van der Waals surface area contributed by atoms with E-state index in [4.69, 9.17) is 5.11 Å². The third-order valence-corrected chi connectivity index (χ3v) is 3.25. The van der Waals surface area contributed by atoms with Crippen molar-refractivity contribution in [1.29, 1.82) is 0 Å². The lowest BCUT2D eigenvalue weighted by Crippen LogP contribution is -2.07. The Morgan fingerprint density at radius 2 is 2.00 bits per heavy atom. The Morgan fingerprint density at radius 3 is 2.76 bits per heavy atom. The van der Waals surface area contributed by atoms with Crippen molar-refractivity contribution in [2.24, 2.45) is 0 Å². The maximum Gasteiger partial charge on any atom is 0.303 e. The van der Waals surface area contributed by atoms with Gasteiger partial charge in [0, 0.05) is 18.7 Å². The second kappa shape index (κ2) is 5.71. The van der Waals surface area contributed by atoms with Gasteiger partial charge in [0.15, 0.2) is 0 Å². The standard InChI is InChI=1S/C14H19NO2/c16-14(17)6-3-9-15-13-8-7-11-4-1-2-5-12(11)10-13/h7-8,10,15H,1-6,9H2,(H,16,17). The van der Waals surface area contributed by atoms with Crippen LogP contribution in [-0.4, -0.2) is 17.6 Å². The van der Waals surface area contributed by atoms with Crippen molar-refractivity contribution in [3.8, 4) is 0 Å². The molecule has 0 aliphatic heterocycles. The van der Waals surface area contributed by atoms with Crippen LogP contribution >= 0.6 is 0 Å². The average molecular weight is 233 g/mol. The molecular weight excluding hydrogens is 214 g/mol. The van der Waals surface area contributed by atoms with E-state index in [0.717, 1.165) is 12.2 Å². The summed E-state index contributed by atoms with van der Waals surface area (Å²) < 4.78 is 0. The molecule has 3 nitrogen and oxygen atoms in total. The second-order valence-electron chi connectivity index (χ2n) is 4.61. The lowest BCUT2D eigenvalue weighted by Gasteiger charge is -2.17. The molecule has 1 aromatic carbocycles. The van der Waals surface area contributed by atoms with Gasteiger partial charge in [0.05, 0.1) is 0 Å². The number of carbonyl (C=O) groups is 1. The number of hydrogen-bond donors (Lipinski definition) is 2. The Kier molecular flexibility index (Phi) is 4.02. The smallest absolute Gasteiger partial charge is 0.303 e. The van der Waals surface area contributed by atoms with Crippen LogP contribution in [0.3, 0.4) is 0 Å². The Balaban J connectivity index is 1.86. The summed E-state index contributed by atoms with van der Waals surface area (Å²) in [6, 6.07) is 6.52. The highest BCUT2D eigenvalue weighted by Gasteiger charge is 2.09. The summed E-state index contributed by atoms with van der Waals surface area (Å²) in [4.78, 5) is 10.4. The van der Waals surface area contributed by atoms with Crippen molar-refractivity contribution >= 4 is 11.7 Å². The Morgan fingerprint density at radius 1 is 1.24 bits per heavy atom. The van der Waals surface area contributed by atoms with Crippen LogP contribution in [0.5, 0.6) is 0 Å². The normalized spacial score (nSPS) is 14.1. The van der Waals surface area contributed by atoms with Gasteiger partial charge in [-0.25, -0.2) is 0 Å². The molecule has 3 heteroatoms. The molecule has 1 aliphatic carbocycles. The molecule has 17 heavy (non-hydrogen) atoms. The molecule has 2 N–H and O–H groups in total. The van der Waals surface area contributed by atoms with Gasteiger partial charge in [0.25, 0.3) is 0 Å². The molecule has 0 atom stereocenters. The van der Waals surface area contributed by atoms with Crippen LogP contribution in [0.1, 0.15) is 36.8 Å². The van der Waals surface area contributed by atoms with E-state index in [2.05, 4.69) is 23.5 Å². The van der Waals surface area contributed by atoms with Crippen LogP contribution in [0.2, 0.25) is 0 Å². The molecule has 0 fully saturated rings. The molecule has 0 saturated heterocycles. The number of aryl methyl sites for hydroxylation is 2. The lowest BCUT2D eigenvalue weighted by atomic mass is 9.91. The highest BCUT2D eigenvalue weighted by molar-refractivity contribution is 5.66. The monoisotopic (exact) mass is 233 g/mol. The summed E-state index contributed by atoms with van der Waals surface area (Å²) in [5, 5.41) is 11.8. The molecule has 0 spiro atoms. The van der Waals surface area contributed by atoms with Crippen LogP contribution in [0.4, 0.5) is 5.69 Å². The zero-order valence-electron chi connectivity index (χ0n) is 10.0. The van der Waals surface area contributed by atoms with E-state index in [1.807, 2.05) is 0 Å². The van der Waals surface area contributed by atoms with E-state index in [0.29, 0.717) is 6.42 Å². The van der Waals surface area contributed by atoms with Gasteiger partial charge in [0.1, 0.15) is 0 Å². The van der Waals surface area contributed by atoms with E-state index in [1.54, 1.807) is 0 Å². The van der Waals surface area contributed by atoms with Gasteiger partial charge >= 0.3 is 5.97 Å². The maximum absolute atomic E-state index is 10.4. The van der Waals surface area contributed by atoms with Crippen molar-refractivity contribution in [2.75, 3.05) is 11.9 Å². The SMILES string of the molecule is O=C(O)CCCNc1ccc2c(c1)CCCC2. The number of rotatable bonds is 5. The lowest BCUT2D eigenvalue weighted by molar-refractivity contribution is -0.137. The number of aliphatic carboxylic acids is 1. The predicted molar refractivity (Wildman–Crippen MR) is 68.4 cm³/mol. The minimum Gasteiger partial charge on any atom is -0.481 e. The van der Waals surface area contributed by atoms with Crippen LogP contribution in [0.25, 0.3) is 0 Å². The molecule has 0 amide bonds. The summed E-state index contributed by atoms with van der Waals surface area (Å²) in [7, 11) is 0. The molecular formula is C14H19NO2. The second-order valence-corrected chi connectivity index (χ2v) is 4.61. The van der Waals surface area contributed by atoms with Crippen molar-refractivity contribution in [3.05, 3.63) is 29.3 Å². The van der Waals surface area contributed by atoms with Crippen molar-refractivity contribution in [1.82, 2.24) is 0 Å². The maximum atomic E-state index is 10.4. The summed E-state index contributed by atoms with van der Waals surface area (Å²) >= 11 is 0. The third-order valence-electron chi connectivity index (χ3n) is 3.25. The van der Waals surface area contributed by atoms with Gasteiger partial charge in [0.2, 0.25) is 0 Å². The molecule has 1 aliphatic rings. The first kappa shape index (κ1) is 12.0. The fourth-order valence-electron chi connectivity index (χ4n) is 2.32. The first-order chi connectivity index (χ1) is 8.25. The summed E-state index contributed by atoms with van der Waals surface area (Å²) in [6.45, 7) is 0.727. The fraction of sp³-hybridized carbons (Fsp3) is 0.500. The number of benzene rings is 1. The molecule has 92 valence electrons. The van der Waals surface area contributed by atoms with Gasteiger partial charge in [-0.15, -0.1) is 0 Å². The van der Waals surface area contributed by atoms with E-state index < -0.39 is 5.97 Å². The zero-order chi connectivity index (χ0) is 12.1. The molecule has 0 bridgehead atoms. The van der Waals surface area contributed by atoms with E-state index in [1.165, 1.54) is 36.8 Å². The van der Waals surface area contributed by atoms with Gasteiger partial charge in [-0.1, -0.05) is 6.07 Å². The molecule has 0 unspecified atom stereocenters. The zero-order valence-corrected chi connectivity index (χ0v) is 10.0. The predicted octanol–water partition coefficient (Wildman–Crippen LogP) is 2.84. The van der Waals surface area contributed by atoms with Gasteiger partial charge in [-0.3, -0.25) is 4.79 Å². The van der Waals surface area contributed by atoms with Gasteiger partial charge in [-0.05, 0) is 55.4 Å². The average Bonchev–Trinajstić information content (AvgIpc) is 2.34. The number of carboxylic acid groups (broad SMARTS) is 1. The van der Waals surface area contributed by atoms with Gasteiger partial charge < -0.3 is 10.4 Å². The summed E-state index contributed by atoms with van der Waals surface area (Å²) in [5.74, 6) is -0.725. The Bertz CT molecular complexity index is 401. The minimum absolute atomic E-state index is 0.234. The van der Waals surface area contributed by atoms with E-state index >= 15 is 0 Å². The van der Waals surface area contributed by atoms with E-state index in [-0.39, 0.29) is 6.42 Å². The topological polar surface area (TPSA) is 49.3 Å². The van der Waals surface area contributed by atoms with Crippen LogP contribution in [0.15, 0.2) is 18.2 Å². The summed E-state index contributed by atoms with van der Waals surface area (Å²) in [6.07, 6.45) is 5.88. The Hall–Kier alpha value is -1.51. The number of nitrogens with one attached hydrogen (secondary N) is 1. The Labute approximate surface area is 102 Å². The van der Waals surface area contributed by atoms with Crippen LogP contribution in [-0.2, 0) is 17.6 Å².